The lowest BCUT2D eigenvalue weighted by Crippen LogP contribution is -2.33. The van der Waals surface area contributed by atoms with Crippen LogP contribution in [0.1, 0.15) is 18.5 Å². The smallest absolute Gasteiger partial charge is 0.265 e. The molecule has 3 aromatic rings. The third kappa shape index (κ3) is 4.25. The molecule has 0 amide bonds. The van der Waals surface area contributed by atoms with Crippen molar-refractivity contribution in [2.45, 2.75) is 17.9 Å². The van der Waals surface area contributed by atoms with Gasteiger partial charge in [0.05, 0.1) is 41.5 Å². The van der Waals surface area contributed by atoms with Gasteiger partial charge in [0.1, 0.15) is 11.5 Å². The first-order valence-electron chi connectivity index (χ1n) is 8.78. The Morgan fingerprint density at radius 1 is 1.14 bits per heavy atom. The van der Waals surface area contributed by atoms with Crippen LogP contribution in [0.15, 0.2) is 64.2 Å². The molecule has 0 N–H and O–H groups in total. The molecule has 3 rings (SSSR count). The van der Waals surface area contributed by atoms with Crippen LogP contribution in [-0.4, -0.2) is 32.4 Å². The summed E-state index contributed by atoms with van der Waals surface area (Å²) < 4.78 is 41.3. The summed E-state index contributed by atoms with van der Waals surface area (Å²) in [5, 5.41) is 4.16. The van der Waals surface area contributed by atoms with Gasteiger partial charge in [-0.05, 0) is 58.7 Å². The highest BCUT2D eigenvalue weighted by atomic mass is 79.9. The van der Waals surface area contributed by atoms with Gasteiger partial charge in [0.15, 0.2) is 0 Å². The molecule has 2 aromatic carbocycles. The van der Waals surface area contributed by atoms with Crippen LogP contribution in [0.2, 0.25) is 0 Å². The normalized spacial score (nSPS) is 12.4. The molecule has 0 saturated carbocycles. The predicted molar refractivity (Wildman–Crippen MR) is 115 cm³/mol. The standard InChI is InChI=1S/C20H22BrN3O4S/c1-14(15-6-5-7-17(10-15)27-3)24(16-12-22-23(2)13-16)29(25,26)18-8-9-20(28-4)19(21)11-18/h5-14H,1-4H3/t14-/m1/s1. The van der Waals surface area contributed by atoms with Gasteiger partial charge in [0, 0.05) is 13.2 Å². The van der Waals surface area contributed by atoms with Gasteiger partial charge < -0.3 is 9.47 Å². The van der Waals surface area contributed by atoms with E-state index in [9.17, 15) is 8.42 Å². The maximum absolute atomic E-state index is 13.7. The zero-order valence-corrected chi connectivity index (χ0v) is 18.9. The van der Waals surface area contributed by atoms with E-state index in [0.717, 1.165) is 5.56 Å². The van der Waals surface area contributed by atoms with Crippen molar-refractivity contribution in [3.8, 4) is 11.5 Å². The molecule has 154 valence electrons. The Labute approximate surface area is 179 Å². The average Bonchev–Trinajstić information content (AvgIpc) is 3.13. The molecule has 0 unspecified atom stereocenters. The van der Waals surface area contributed by atoms with E-state index >= 15 is 0 Å². The minimum absolute atomic E-state index is 0.142. The van der Waals surface area contributed by atoms with Crippen LogP contribution in [0, 0.1) is 0 Å². The van der Waals surface area contributed by atoms with Crippen molar-refractivity contribution in [2.75, 3.05) is 18.5 Å². The molecule has 1 atom stereocenters. The van der Waals surface area contributed by atoms with Crippen LogP contribution in [0.3, 0.4) is 0 Å². The Morgan fingerprint density at radius 2 is 1.90 bits per heavy atom. The fourth-order valence-corrected chi connectivity index (χ4v) is 5.39. The Balaban J connectivity index is 2.13. The van der Waals surface area contributed by atoms with Crippen LogP contribution in [-0.2, 0) is 17.1 Å². The van der Waals surface area contributed by atoms with Gasteiger partial charge in [-0.1, -0.05) is 12.1 Å². The van der Waals surface area contributed by atoms with Crippen molar-refractivity contribution in [1.82, 2.24) is 9.78 Å². The second-order valence-corrected chi connectivity index (χ2v) is 9.09. The molecular formula is C20H22BrN3O4S. The van der Waals surface area contributed by atoms with E-state index in [1.54, 1.807) is 31.1 Å². The fourth-order valence-electron chi connectivity index (χ4n) is 3.05. The van der Waals surface area contributed by atoms with Crippen molar-refractivity contribution in [3.05, 3.63) is 64.9 Å². The molecule has 1 aromatic heterocycles. The van der Waals surface area contributed by atoms with E-state index in [4.69, 9.17) is 9.47 Å². The van der Waals surface area contributed by atoms with Gasteiger partial charge in [-0.3, -0.25) is 8.99 Å². The lowest BCUT2D eigenvalue weighted by Gasteiger charge is -2.30. The molecule has 0 radical (unpaired) electrons. The highest BCUT2D eigenvalue weighted by molar-refractivity contribution is 9.10. The number of nitrogens with zero attached hydrogens (tertiary/aromatic N) is 3. The van der Waals surface area contributed by atoms with E-state index in [2.05, 4.69) is 21.0 Å². The molecule has 1 heterocycles. The number of hydrogen-bond donors (Lipinski definition) is 0. The molecule has 7 nitrogen and oxygen atoms in total. The highest BCUT2D eigenvalue weighted by Crippen LogP contribution is 2.36. The van der Waals surface area contributed by atoms with Gasteiger partial charge in [-0.2, -0.15) is 5.10 Å². The number of hydrogen-bond acceptors (Lipinski definition) is 5. The Kier molecular flexibility index (Phi) is 6.18. The van der Waals surface area contributed by atoms with Crippen molar-refractivity contribution >= 4 is 31.6 Å². The largest absolute Gasteiger partial charge is 0.497 e. The quantitative estimate of drug-likeness (QED) is 0.508. The number of methoxy groups -OCH3 is 2. The second kappa shape index (κ2) is 8.46. The molecular weight excluding hydrogens is 458 g/mol. The van der Waals surface area contributed by atoms with Gasteiger partial charge in [0.25, 0.3) is 10.0 Å². The Bertz CT molecular complexity index is 1110. The van der Waals surface area contributed by atoms with Gasteiger partial charge in [-0.15, -0.1) is 0 Å². The monoisotopic (exact) mass is 479 g/mol. The number of benzene rings is 2. The second-order valence-electron chi connectivity index (χ2n) is 6.42. The molecule has 29 heavy (non-hydrogen) atoms. The fraction of sp³-hybridized carbons (Fsp3) is 0.250. The summed E-state index contributed by atoms with van der Waals surface area (Å²) in [7, 11) is 0.949. The zero-order valence-electron chi connectivity index (χ0n) is 16.5. The first-order chi connectivity index (χ1) is 13.8. The zero-order chi connectivity index (χ0) is 21.2. The summed E-state index contributed by atoms with van der Waals surface area (Å²) in [6.45, 7) is 1.83. The van der Waals surface area contributed by atoms with Gasteiger partial charge in [0.2, 0.25) is 0 Å². The van der Waals surface area contributed by atoms with Gasteiger partial charge >= 0.3 is 0 Å². The lowest BCUT2D eigenvalue weighted by atomic mass is 10.1. The summed E-state index contributed by atoms with van der Waals surface area (Å²) in [6, 6.07) is 11.5. The van der Waals surface area contributed by atoms with Crippen LogP contribution in [0.25, 0.3) is 0 Å². The molecule has 0 aliphatic rings. The van der Waals surface area contributed by atoms with Crippen molar-refractivity contribution in [1.29, 1.82) is 0 Å². The van der Waals surface area contributed by atoms with E-state index in [1.807, 2.05) is 31.2 Å². The molecule has 0 aliphatic heterocycles. The molecule has 0 aliphatic carbocycles. The molecule has 0 spiro atoms. The number of halogens is 1. The Morgan fingerprint density at radius 3 is 2.48 bits per heavy atom. The number of ether oxygens (including phenoxy) is 2. The molecule has 0 bridgehead atoms. The van der Waals surface area contributed by atoms with Gasteiger partial charge in [-0.25, -0.2) is 8.42 Å². The third-order valence-electron chi connectivity index (χ3n) is 4.55. The highest BCUT2D eigenvalue weighted by Gasteiger charge is 2.32. The van der Waals surface area contributed by atoms with E-state index < -0.39 is 16.1 Å². The summed E-state index contributed by atoms with van der Waals surface area (Å²) in [4.78, 5) is 0.142. The van der Waals surface area contributed by atoms with Crippen molar-refractivity contribution < 1.29 is 17.9 Å². The maximum atomic E-state index is 13.7. The first-order valence-corrected chi connectivity index (χ1v) is 11.0. The van der Waals surface area contributed by atoms with Crippen LogP contribution >= 0.6 is 15.9 Å². The summed E-state index contributed by atoms with van der Waals surface area (Å²) in [5.74, 6) is 1.21. The average molecular weight is 480 g/mol. The minimum Gasteiger partial charge on any atom is -0.497 e. The topological polar surface area (TPSA) is 73.7 Å². The number of anilines is 1. The number of aromatic nitrogens is 2. The van der Waals surface area contributed by atoms with E-state index in [0.29, 0.717) is 21.7 Å². The summed E-state index contributed by atoms with van der Waals surface area (Å²) in [5.41, 5.74) is 1.26. The van der Waals surface area contributed by atoms with E-state index in [1.165, 1.54) is 29.7 Å². The van der Waals surface area contributed by atoms with Crippen molar-refractivity contribution in [2.24, 2.45) is 7.05 Å². The molecule has 0 fully saturated rings. The Hall–Kier alpha value is -2.52. The lowest BCUT2D eigenvalue weighted by molar-refractivity contribution is 0.411. The number of aryl methyl sites for hydroxylation is 1. The minimum atomic E-state index is -3.90. The summed E-state index contributed by atoms with van der Waals surface area (Å²) >= 11 is 3.37. The van der Waals surface area contributed by atoms with E-state index in [-0.39, 0.29) is 4.90 Å². The molecule has 9 heteroatoms. The van der Waals surface area contributed by atoms with Crippen molar-refractivity contribution in [3.63, 3.8) is 0 Å². The summed E-state index contributed by atoms with van der Waals surface area (Å²) in [6.07, 6.45) is 3.21. The first kappa shape index (κ1) is 21.2. The van der Waals surface area contributed by atoms with Crippen LogP contribution in [0.4, 0.5) is 5.69 Å². The predicted octanol–water partition coefficient (Wildman–Crippen LogP) is 4.16. The maximum Gasteiger partial charge on any atom is 0.265 e. The number of sulfonamides is 1. The van der Waals surface area contributed by atoms with Crippen LogP contribution in [0.5, 0.6) is 11.5 Å². The SMILES string of the molecule is COc1cccc([C@@H](C)N(c2cnn(C)c2)S(=O)(=O)c2ccc(OC)c(Br)c2)c1. The van der Waals surface area contributed by atoms with Crippen LogP contribution < -0.4 is 13.8 Å². The molecule has 0 saturated heterocycles. The number of rotatable bonds is 7. The third-order valence-corrected chi connectivity index (χ3v) is 7.07.